The Morgan fingerprint density at radius 2 is 1.61 bits per heavy atom. The van der Waals surface area contributed by atoms with Crippen LogP contribution in [0.2, 0.25) is 0 Å². The van der Waals surface area contributed by atoms with Crippen LogP contribution in [0.3, 0.4) is 0 Å². The lowest BCUT2D eigenvalue weighted by molar-refractivity contribution is -0.140. The molecular formula is C21H17F3N4. The van der Waals surface area contributed by atoms with Crippen molar-refractivity contribution in [2.75, 3.05) is 5.32 Å². The van der Waals surface area contributed by atoms with Gasteiger partial charge in [0.25, 0.3) is 0 Å². The Morgan fingerprint density at radius 3 is 2.25 bits per heavy atom. The Morgan fingerprint density at radius 1 is 0.929 bits per heavy atom. The number of hydrogen-bond donors (Lipinski definition) is 1. The van der Waals surface area contributed by atoms with Gasteiger partial charge in [-0.3, -0.25) is 0 Å². The number of aryl methyl sites for hydroxylation is 2. The molecule has 0 aliphatic heterocycles. The molecule has 4 nitrogen and oxygen atoms in total. The van der Waals surface area contributed by atoms with Crippen LogP contribution in [0.15, 0.2) is 60.7 Å². The van der Waals surface area contributed by atoms with Crippen LogP contribution in [0.25, 0.3) is 16.8 Å². The van der Waals surface area contributed by atoms with Crippen molar-refractivity contribution < 1.29 is 13.2 Å². The minimum atomic E-state index is -4.60. The highest BCUT2D eigenvalue weighted by molar-refractivity contribution is 5.82. The molecular weight excluding hydrogens is 365 g/mol. The molecule has 0 aliphatic carbocycles. The first-order chi connectivity index (χ1) is 13.3. The maximum Gasteiger partial charge on any atom is 0.435 e. The lowest BCUT2D eigenvalue weighted by Gasteiger charge is -2.10. The van der Waals surface area contributed by atoms with Gasteiger partial charge in [0.15, 0.2) is 11.3 Å². The van der Waals surface area contributed by atoms with Gasteiger partial charge in [0.05, 0.1) is 5.56 Å². The smallest absolute Gasteiger partial charge is 0.340 e. The van der Waals surface area contributed by atoms with Gasteiger partial charge in [-0.25, -0.2) is 4.98 Å². The van der Waals surface area contributed by atoms with E-state index in [-0.39, 0.29) is 11.2 Å². The average Bonchev–Trinajstić information content (AvgIpc) is 3.04. The Bertz CT molecular complexity index is 1130. The van der Waals surface area contributed by atoms with E-state index in [9.17, 15) is 13.2 Å². The number of fused-ring (bicyclic) bond motifs is 1. The van der Waals surface area contributed by atoms with Crippen molar-refractivity contribution in [3.05, 3.63) is 77.6 Å². The molecule has 0 aliphatic rings. The molecule has 2 heterocycles. The van der Waals surface area contributed by atoms with Crippen molar-refractivity contribution in [3.8, 4) is 11.1 Å². The van der Waals surface area contributed by atoms with Gasteiger partial charge in [-0.1, -0.05) is 48.0 Å². The second kappa shape index (κ2) is 6.67. The van der Waals surface area contributed by atoms with E-state index in [1.54, 1.807) is 43.3 Å². The molecule has 28 heavy (non-hydrogen) atoms. The largest absolute Gasteiger partial charge is 0.435 e. The highest BCUT2D eigenvalue weighted by atomic mass is 19.4. The summed E-state index contributed by atoms with van der Waals surface area (Å²) in [6, 6.07) is 17.7. The van der Waals surface area contributed by atoms with Crippen LogP contribution >= 0.6 is 0 Å². The third kappa shape index (κ3) is 3.31. The maximum atomic E-state index is 13.8. The van der Waals surface area contributed by atoms with Crippen LogP contribution in [0.4, 0.5) is 24.7 Å². The maximum absolute atomic E-state index is 13.8. The molecule has 0 fully saturated rings. The number of nitrogens with one attached hydrogen (secondary N) is 1. The van der Waals surface area contributed by atoms with Gasteiger partial charge in [0.1, 0.15) is 5.82 Å². The van der Waals surface area contributed by atoms with Gasteiger partial charge < -0.3 is 5.32 Å². The summed E-state index contributed by atoms with van der Waals surface area (Å²) >= 11 is 0. The van der Waals surface area contributed by atoms with E-state index in [0.29, 0.717) is 17.1 Å². The summed E-state index contributed by atoms with van der Waals surface area (Å²) in [6.45, 7) is 3.71. The van der Waals surface area contributed by atoms with E-state index in [0.717, 1.165) is 11.3 Å². The van der Waals surface area contributed by atoms with Crippen LogP contribution in [-0.4, -0.2) is 14.6 Å². The second-order valence-electron chi connectivity index (χ2n) is 6.60. The standard InChI is InChI=1S/C21H17F3N4/c1-13-8-10-16(11-9-13)26-17-12-14(2)25-20-18(15-6-4-3-5-7-15)19(21(22,23)24)27-28(17)20/h3-12,26H,1-2H3. The zero-order valence-electron chi connectivity index (χ0n) is 15.2. The first kappa shape index (κ1) is 18.0. The van der Waals surface area contributed by atoms with Gasteiger partial charge >= 0.3 is 6.18 Å². The van der Waals surface area contributed by atoms with E-state index in [1.807, 2.05) is 31.2 Å². The fraction of sp³-hybridized carbons (Fsp3) is 0.143. The summed E-state index contributed by atoms with van der Waals surface area (Å²) in [7, 11) is 0. The van der Waals surface area contributed by atoms with Crippen LogP contribution in [0, 0.1) is 13.8 Å². The molecule has 0 saturated heterocycles. The topological polar surface area (TPSA) is 42.2 Å². The van der Waals surface area contributed by atoms with Gasteiger partial charge in [-0.05, 0) is 31.5 Å². The number of alkyl halides is 3. The minimum absolute atomic E-state index is 0.0243. The fourth-order valence-corrected chi connectivity index (χ4v) is 3.08. The van der Waals surface area contributed by atoms with Crippen molar-refractivity contribution in [1.82, 2.24) is 14.6 Å². The van der Waals surface area contributed by atoms with Crippen molar-refractivity contribution in [2.45, 2.75) is 20.0 Å². The van der Waals surface area contributed by atoms with Crippen LogP contribution in [0.5, 0.6) is 0 Å². The fourth-order valence-electron chi connectivity index (χ4n) is 3.08. The quantitative estimate of drug-likeness (QED) is 0.489. The second-order valence-corrected chi connectivity index (χ2v) is 6.60. The summed E-state index contributed by atoms with van der Waals surface area (Å²) in [4.78, 5) is 4.36. The van der Waals surface area contributed by atoms with Crippen LogP contribution in [0.1, 0.15) is 17.0 Å². The van der Waals surface area contributed by atoms with Gasteiger partial charge in [0.2, 0.25) is 0 Å². The molecule has 0 atom stereocenters. The summed E-state index contributed by atoms with van der Waals surface area (Å²) in [5.41, 5.74) is 2.03. The van der Waals surface area contributed by atoms with E-state index in [1.165, 1.54) is 4.52 Å². The molecule has 4 rings (SSSR count). The Labute approximate surface area is 159 Å². The van der Waals surface area contributed by atoms with E-state index < -0.39 is 11.9 Å². The zero-order chi connectivity index (χ0) is 19.9. The third-order valence-corrected chi connectivity index (χ3v) is 4.37. The summed E-state index contributed by atoms with van der Waals surface area (Å²) < 4.78 is 42.5. The normalized spacial score (nSPS) is 11.8. The highest BCUT2D eigenvalue weighted by Gasteiger charge is 2.39. The predicted octanol–water partition coefficient (Wildman–Crippen LogP) is 5.78. The molecule has 4 aromatic rings. The van der Waals surface area contributed by atoms with E-state index in [4.69, 9.17) is 0 Å². The van der Waals surface area contributed by atoms with Crippen molar-refractivity contribution >= 4 is 17.2 Å². The number of rotatable bonds is 3. The molecule has 142 valence electrons. The molecule has 0 unspecified atom stereocenters. The van der Waals surface area contributed by atoms with Crippen molar-refractivity contribution in [1.29, 1.82) is 0 Å². The average molecular weight is 382 g/mol. The van der Waals surface area contributed by atoms with Crippen molar-refractivity contribution in [3.63, 3.8) is 0 Å². The molecule has 2 aromatic heterocycles. The minimum Gasteiger partial charge on any atom is -0.340 e. The van der Waals surface area contributed by atoms with E-state index >= 15 is 0 Å². The number of aromatic nitrogens is 3. The lowest BCUT2D eigenvalue weighted by Crippen LogP contribution is -2.08. The number of anilines is 2. The van der Waals surface area contributed by atoms with Crippen LogP contribution < -0.4 is 5.32 Å². The van der Waals surface area contributed by atoms with Gasteiger partial charge in [0, 0.05) is 17.4 Å². The number of benzene rings is 2. The summed E-state index contributed by atoms with van der Waals surface area (Å²) in [6.07, 6.45) is -4.60. The monoisotopic (exact) mass is 382 g/mol. The molecule has 1 N–H and O–H groups in total. The molecule has 7 heteroatoms. The molecule has 0 radical (unpaired) electrons. The Hall–Kier alpha value is -3.35. The first-order valence-corrected chi connectivity index (χ1v) is 8.69. The van der Waals surface area contributed by atoms with E-state index in [2.05, 4.69) is 15.4 Å². The molecule has 0 spiro atoms. The van der Waals surface area contributed by atoms with Gasteiger partial charge in [-0.15, -0.1) is 0 Å². The molecule has 0 saturated carbocycles. The van der Waals surface area contributed by atoms with Crippen molar-refractivity contribution in [2.24, 2.45) is 0 Å². The molecule has 0 amide bonds. The SMILES string of the molecule is Cc1ccc(Nc2cc(C)nc3c(-c4ccccc4)c(C(F)(F)F)nn23)cc1. The third-order valence-electron chi connectivity index (χ3n) is 4.37. The molecule has 2 aromatic carbocycles. The first-order valence-electron chi connectivity index (χ1n) is 8.69. The van der Waals surface area contributed by atoms with Gasteiger partial charge in [-0.2, -0.15) is 22.8 Å². The lowest BCUT2D eigenvalue weighted by atomic mass is 10.1. The summed E-state index contributed by atoms with van der Waals surface area (Å²) in [5, 5.41) is 7.03. The Kier molecular flexibility index (Phi) is 4.30. The highest BCUT2D eigenvalue weighted by Crippen LogP contribution is 2.39. The molecule has 0 bridgehead atoms. The van der Waals surface area contributed by atoms with Crippen LogP contribution in [-0.2, 0) is 6.18 Å². The number of halogens is 3. The predicted molar refractivity (Wildman–Crippen MR) is 103 cm³/mol. The summed E-state index contributed by atoms with van der Waals surface area (Å²) in [5.74, 6) is 0.416. The number of nitrogens with zero attached hydrogens (tertiary/aromatic N) is 3. The number of hydrogen-bond acceptors (Lipinski definition) is 3. The zero-order valence-corrected chi connectivity index (χ0v) is 15.2. The Balaban J connectivity index is 1.96.